The average Bonchev–Trinajstić information content (AvgIpc) is 3.02. The SMILES string of the molecule is CC(C)c1ccsc1C(=O)N(C)C(C)c1ccc(S(C)(=O)=O)cc1. The van der Waals surface area contributed by atoms with E-state index in [0.717, 1.165) is 16.0 Å². The Bertz CT molecular complexity index is 820. The van der Waals surface area contributed by atoms with Gasteiger partial charge < -0.3 is 4.90 Å². The van der Waals surface area contributed by atoms with Crippen LogP contribution in [0.3, 0.4) is 0 Å². The van der Waals surface area contributed by atoms with Gasteiger partial charge in [0.2, 0.25) is 0 Å². The second-order valence-electron chi connectivity index (χ2n) is 6.29. The third kappa shape index (κ3) is 3.87. The number of carbonyl (C=O) groups is 1. The Kier molecular flexibility index (Phi) is 5.50. The molecule has 0 radical (unpaired) electrons. The molecule has 6 heteroatoms. The summed E-state index contributed by atoms with van der Waals surface area (Å²) in [5, 5.41) is 1.95. The van der Waals surface area contributed by atoms with Gasteiger partial charge in [0.15, 0.2) is 9.84 Å². The molecule has 4 nitrogen and oxygen atoms in total. The first-order valence-electron chi connectivity index (χ1n) is 7.77. The van der Waals surface area contributed by atoms with Gasteiger partial charge in [0, 0.05) is 13.3 Å². The molecule has 1 unspecified atom stereocenters. The third-order valence-electron chi connectivity index (χ3n) is 4.20. The first-order valence-corrected chi connectivity index (χ1v) is 10.5. The van der Waals surface area contributed by atoms with Gasteiger partial charge in [-0.15, -0.1) is 11.3 Å². The molecule has 2 aromatic rings. The Balaban J connectivity index is 2.24. The van der Waals surface area contributed by atoms with Gasteiger partial charge >= 0.3 is 0 Å². The number of rotatable bonds is 5. The van der Waals surface area contributed by atoms with Gasteiger partial charge in [0.05, 0.1) is 15.8 Å². The molecule has 0 aliphatic heterocycles. The van der Waals surface area contributed by atoms with Crippen molar-refractivity contribution in [1.29, 1.82) is 0 Å². The van der Waals surface area contributed by atoms with Crippen LogP contribution < -0.4 is 0 Å². The third-order valence-corrected chi connectivity index (χ3v) is 6.25. The highest BCUT2D eigenvalue weighted by molar-refractivity contribution is 7.90. The fraction of sp³-hybridized carbons (Fsp3) is 0.389. The van der Waals surface area contributed by atoms with Crippen LogP contribution in [0.5, 0.6) is 0 Å². The molecule has 0 fully saturated rings. The Morgan fingerprint density at radius 3 is 2.17 bits per heavy atom. The maximum atomic E-state index is 12.8. The summed E-state index contributed by atoms with van der Waals surface area (Å²) in [6, 6.07) is 8.56. The van der Waals surface area contributed by atoms with E-state index in [0.29, 0.717) is 5.92 Å². The van der Waals surface area contributed by atoms with E-state index >= 15 is 0 Å². The molecule has 1 heterocycles. The number of hydrogen-bond donors (Lipinski definition) is 0. The van der Waals surface area contributed by atoms with Crippen LogP contribution in [0, 0.1) is 0 Å². The van der Waals surface area contributed by atoms with Crippen LogP contribution >= 0.6 is 11.3 Å². The lowest BCUT2D eigenvalue weighted by molar-refractivity contribution is 0.0746. The second-order valence-corrected chi connectivity index (χ2v) is 9.22. The van der Waals surface area contributed by atoms with Gasteiger partial charge in [0.25, 0.3) is 5.91 Å². The molecule has 1 atom stereocenters. The van der Waals surface area contributed by atoms with Crippen molar-refractivity contribution in [3.63, 3.8) is 0 Å². The summed E-state index contributed by atoms with van der Waals surface area (Å²) in [6.07, 6.45) is 1.19. The van der Waals surface area contributed by atoms with Crippen LogP contribution in [0.2, 0.25) is 0 Å². The van der Waals surface area contributed by atoms with Crippen molar-refractivity contribution < 1.29 is 13.2 Å². The molecule has 1 aromatic heterocycles. The van der Waals surface area contributed by atoms with Crippen molar-refractivity contribution in [2.24, 2.45) is 0 Å². The van der Waals surface area contributed by atoms with Crippen LogP contribution in [0.4, 0.5) is 0 Å². The highest BCUT2D eigenvalue weighted by atomic mass is 32.2. The molecule has 24 heavy (non-hydrogen) atoms. The van der Waals surface area contributed by atoms with E-state index in [-0.39, 0.29) is 16.8 Å². The molecule has 0 N–H and O–H groups in total. The number of nitrogens with zero attached hydrogens (tertiary/aromatic N) is 1. The van der Waals surface area contributed by atoms with Crippen molar-refractivity contribution in [3.8, 4) is 0 Å². The van der Waals surface area contributed by atoms with E-state index in [1.165, 1.54) is 17.6 Å². The number of hydrogen-bond acceptors (Lipinski definition) is 4. The molecule has 1 amide bonds. The van der Waals surface area contributed by atoms with E-state index in [1.807, 2.05) is 18.4 Å². The topological polar surface area (TPSA) is 54.5 Å². The lowest BCUT2D eigenvalue weighted by Crippen LogP contribution is -2.29. The maximum absolute atomic E-state index is 12.8. The van der Waals surface area contributed by atoms with Gasteiger partial charge in [-0.05, 0) is 47.5 Å². The summed E-state index contributed by atoms with van der Waals surface area (Å²) in [6.45, 7) is 6.09. The van der Waals surface area contributed by atoms with E-state index in [4.69, 9.17) is 0 Å². The summed E-state index contributed by atoms with van der Waals surface area (Å²) < 4.78 is 23.1. The summed E-state index contributed by atoms with van der Waals surface area (Å²) in [5.74, 6) is 0.293. The molecule has 0 saturated heterocycles. The zero-order valence-electron chi connectivity index (χ0n) is 14.6. The van der Waals surface area contributed by atoms with Crippen molar-refractivity contribution in [3.05, 3.63) is 51.7 Å². The maximum Gasteiger partial charge on any atom is 0.264 e. The van der Waals surface area contributed by atoms with Crippen LogP contribution in [-0.4, -0.2) is 32.5 Å². The fourth-order valence-electron chi connectivity index (χ4n) is 2.50. The van der Waals surface area contributed by atoms with Crippen molar-refractivity contribution in [2.45, 2.75) is 37.6 Å². The van der Waals surface area contributed by atoms with Crippen molar-refractivity contribution in [1.82, 2.24) is 4.90 Å². The van der Waals surface area contributed by atoms with Crippen LogP contribution in [0.1, 0.15) is 53.5 Å². The van der Waals surface area contributed by atoms with E-state index < -0.39 is 9.84 Å². The van der Waals surface area contributed by atoms with Gasteiger partial charge in [-0.3, -0.25) is 4.79 Å². The quantitative estimate of drug-likeness (QED) is 0.801. The predicted molar refractivity (Wildman–Crippen MR) is 98.5 cm³/mol. The summed E-state index contributed by atoms with van der Waals surface area (Å²) in [5.41, 5.74) is 1.97. The molecule has 0 aliphatic carbocycles. The summed E-state index contributed by atoms with van der Waals surface area (Å²) >= 11 is 1.46. The van der Waals surface area contributed by atoms with Crippen LogP contribution in [0.25, 0.3) is 0 Å². The summed E-state index contributed by atoms with van der Waals surface area (Å²) in [7, 11) is -1.43. The standard InChI is InChI=1S/C18H23NO3S2/c1-12(2)16-10-11-23-17(16)18(20)19(4)13(3)14-6-8-15(9-7-14)24(5,21)22/h6-13H,1-5H3. The Morgan fingerprint density at radius 1 is 1.08 bits per heavy atom. The Hall–Kier alpha value is -1.66. The first-order chi connectivity index (χ1) is 11.1. The molecular weight excluding hydrogens is 342 g/mol. The molecule has 2 rings (SSSR count). The van der Waals surface area contributed by atoms with E-state index in [2.05, 4.69) is 13.8 Å². The largest absolute Gasteiger partial charge is 0.334 e. The van der Waals surface area contributed by atoms with Crippen molar-refractivity contribution >= 4 is 27.1 Å². The zero-order chi connectivity index (χ0) is 18.1. The zero-order valence-corrected chi connectivity index (χ0v) is 16.2. The minimum Gasteiger partial charge on any atom is -0.334 e. The highest BCUT2D eigenvalue weighted by Gasteiger charge is 2.23. The van der Waals surface area contributed by atoms with Gasteiger partial charge in [-0.1, -0.05) is 26.0 Å². The average molecular weight is 366 g/mol. The number of benzene rings is 1. The van der Waals surface area contributed by atoms with Gasteiger partial charge in [-0.25, -0.2) is 8.42 Å². The van der Waals surface area contributed by atoms with Gasteiger partial charge in [-0.2, -0.15) is 0 Å². The fourth-order valence-corrected chi connectivity index (χ4v) is 4.17. The van der Waals surface area contributed by atoms with Crippen LogP contribution in [0.15, 0.2) is 40.6 Å². The normalized spacial score (nSPS) is 13.1. The Labute approximate surface area is 148 Å². The highest BCUT2D eigenvalue weighted by Crippen LogP contribution is 2.29. The molecule has 0 spiro atoms. The monoisotopic (exact) mass is 365 g/mol. The lowest BCUT2D eigenvalue weighted by atomic mass is 10.0. The van der Waals surface area contributed by atoms with Crippen LogP contribution in [-0.2, 0) is 9.84 Å². The minimum atomic E-state index is -3.21. The number of sulfone groups is 1. The van der Waals surface area contributed by atoms with E-state index in [1.54, 1.807) is 36.2 Å². The second kappa shape index (κ2) is 7.07. The summed E-state index contributed by atoms with van der Waals surface area (Å²) in [4.78, 5) is 15.6. The minimum absolute atomic E-state index is 0.00612. The number of thiophene rings is 1. The molecular formula is C18H23NO3S2. The molecule has 0 saturated carbocycles. The lowest BCUT2D eigenvalue weighted by Gasteiger charge is -2.26. The number of amides is 1. The molecule has 1 aromatic carbocycles. The number of carbonyl (C=O) groups excluding carboxylic acids is 1. The molecule has 0 bridgehead atoms. The predicted octanol–water partition coefficient (Wildman–Crippen LogP) is 4.11. The smallest absolute Gasteiger partial charge is 0.264 e. The molecule has 0 aliphatic rings. The van der Waals surface area contributed by atoms with Gasteiger partial charge in [0.1, 0.15) is 0 Å². The first kappa shape index (κ1) is 18.7. The Morgan fingerprint density at radius 2 is 1.67 bits per heavy atom. The van der Waals surface area contributed by atoms with Crippen molar-refractivity contribution in [2.75, 3.05) is 13.3 Å². The van der Waals surface area contributed by atoms with E-state index in [9.17, 15) is 13.2 Å². The molecule has 130 valence electrons.